The first kappa shape index (κ1) is 14.5. The Morgan fingerprint density at radius 1 is 1.19 bits per heavy atom. The fourth-order valence-corrected chi connectivity index (χ4v) is 1.76. The molecule has 8 heteroatoms. The molecule has 0 saturated heterocycles. The van der Waals surface area contributed by atoms with Crippen molar-refractivity contribution in [2.24, 2.45) is 0 Å². The maximum absolute atomic E-state index is 11.7. The number of aryl methyl sites for hydroxylation is 1. The molecule has 0 atom stereocenters. The molecule has 0 aliphatic heterocycles. The second-order valence-corrected chi connectivity index (χ2v) is 4.22. The molecule has 21 heavy (non-hydrogen) atoms. The van der Waals surface area contributed by atoms with E-state index >= 15 is 0 Å². The second-order valence-electron chi connectivity index (χ2n) is 4.22. The first-order chi connectivity index (χ1) is 9.97. The van der Waals surface area contributed by atoms with Crippen LogP contribution in [0.1, 0.15) is 26.5 Å². The van der Waals surface area contributed by atoms with Crippen LogP contribution in [0.15, 0.2) is 18.5 Å². The van der Waals surface area contributed by atoms with Crippen LogP contribution in [0.25, 0.3) is 5.69 Å². The molecule has 0 saturated carbocycles. The Hall–Kier alpha value is -2.90. The number of benzene rings is 1. The molecular formula is C13H14N4O4. The zero-order valence-corrected chi connectivity index (χ0v) is 11.8. The van der Waals surface area contributed by atoms with Crippen molar-refractivity contribution in [3.8, 4) is 5.69 Å². The Balaban J connectivity index is 2.49. The fourth-order valence-electron chi connectivity index (χ4n) is 1.76. The van der Waals surface area contributed by atoms with Gasteiger partial charge in [0.1, 0.15) is 6.33 Å². The number of anilines is 1. The number of hydrogen-bond acceptors (Lipinski definition) is 7. The summed E-state index contributed by atoms with van der Waals surface area (Å²) in [6.07, 6.45) is 1.35. The molecule has 0 radical (unpaired) electrons. The Morgan fingerprint density at radius 3 is 2.48 bits per heavy atom. The highest BCUT2D eigenvalue weighted by molar-refractivity contribution is 5.96. The third-order valence-corrected chi connectivity index (χ3v) is 2.90. The van der Waals surface area contributed by atoms with E-state index in [1.807, 2.05) is 0 Å². The number of rotatable bonds is 3. The van der Waals surface area contributed by atoms with Crippen LogP contribution in [0.4, 0.5) is 5.69 Å². The van der Waals surface area contributed by atoms with E-state index in [1.165, 1.54) is 31.3 Å². The molecule has 110 valence electrons. The van der Waals surface area contributed by atoms with E-state index in [0.717, 1.165) is 0 Å². The normalized spacial score (nSPS) is 10.2. The molecule has 1 heterocycles. The quantitative estimate of drug-likeness (QED) is 0.655. The molecule has 2 rings (SSSR count). The number of aromatic nitrogens is 3. The van der Waals surface area contributed by atoms with Gasteiger partial charge in [-0.3, -0.25) is 0 Å². The Bertz CT molecular complexity index is 708. The van der Waals surface area contributed by atoms with Gasteiger partial charge in [0.2, 0.25) is 0 Å². The monoisotopic (exact) mass is 290 g/mol. The Kier molecular flexibility index (Phi) is 3.88. The highest BCUT2D eigenvalue weighted by atomic mass is 16.5. The van der Waals surface area contributed by atoms with Gasteiger partial charge in [-0.1, -0.05) is 0 Å². The molecular weight excluding hydrogens is 276 g/mol. The number of nitrogen functional groups attached to an aromatic ring is 1. The van der Waals surface area contributed by atoms with Gasteiger partial charge in [-0.05, 0) is 24.6 Å². The lowest BCUT2D eigenvalue weighted by Gasteiger charge is -2.10. The van der Waals surface area contributed by atoms with E-state index in [2.05, 4.69) is 19.6 Å². The van der Waals surface area contributed by atoms with Crippen LogP contribution >= 0.6 is 0 Å². The van der Waals surface area contributed by atoms with Crippen molar-refractivity contribution in [3.63, 3.8) is 0 Å². The SMILES string of the molecule is COC(=O)c1ncn(-c2cc(C)c(N)c(C(=O)OC)c2)n1. The summed E-state index contributed by atoms with van der Waals surface area (Å²) < 4.78 is 10.6. The van der Waals surface area contributed by atoms with Gasteiger partial charge in [0.05, 0.1) is 25.5 Å². The minimum absolute atomic E-state index is 0.0772. The molecule has 0 spiro atoms. The maximum atomic E-state index is 11.7. The lowest BCUT2D eigenvalue weighted by atomic mass is 10.1. The average Bonchev–Trinajstić information content (AvgIpc) is 2.98. The topological polar surface area (TPSA) is 109 Å². The summed E-state index contributed by atoms with van der Waals surface area (Å²) in [5.41, 5.74) is 7.63. The van der Waals surface area contributed by atoms with Gasteiger partial charge in [-0.25, -0.2) is 19.3 Å². The third-order valence-electron chi connectivity index (χ3n) is 2.90. The van der Waals surface area contributed by atoms with Crippen molar-refractivity contribution >= 4 is 17.6 Å². The van der Waals surface area contributed by atoms with Gasteiger partial charge in [0.25, 0.3) is 5.82 Å². The van der Waals surface area contributed by atoms with Crippen LogP contribution in [-0.4, -0.2) is 40.9 Å². The molecule has 0 unspecified atom stereocenters. The van der Waals surface area contributed by atoms with E-state index < -0.39 is 11.9 Å². The Morgan fingerprint density at radius 2 is 1.86 bits per heavy atom. The predicted molar refractivity (Wildman–Crippen MR) is 73.2 cm³/mol. The molecule has 0 amide bonds. The van der Waals surface area contributed by atoms with Gasteiger partial charge in [0.15, 0.2) is 0 Å². The zero-order chi connectivity index (χ0) is 15.6. The summed E-state index contributed by atoms with van der Waals surface area (Å²) in [5.74, 6) is -1.27. The zero-order valence-electron chi connectivity index (χ0n) is 11.8. The summed E-state index contributed by atoms with van der Waals surface area (Å²) in [7, 11) is 2.51. The maximum Gasteiger partial charge on any atom is 0.377 e. The summed E-state index contributed by atoms with van der Waals surface area (Å²) in [4.78, 5) is 26.9. The first-order valence-electron chi connectivity index (χ1n) is 5.96. The average molecular weight is 290 g/mol. The van der Waals surface area contributed by atoms with E-state index in [0.29, 0.717) is 16.9 Å². The van der Waals surface area contributed by atoms with Crippen molar-refractivity contribution in [2.75, 3.05) is 20.0 Å². The first-order valence-corrected chi connectivity index (χ1v) is 5.96. The van der Waals surface area contributed by atoms with Crippen LogP contribution in [0.2, 0.25) is 0 Å². The molecule has 0 aliphatic rings. The van der Waals surface area contributed by atoms with E-state index in [4.69, 9.17) is 5.73 Å². The lowest BCUT2D eigenvalue weighted by Crippen LogP contribution is -2.10. The molecule has 8 nitrogen and oxygen atoms in total. The van der Waals surface area contributed by atoms with Crippen molar-refractivity contribution in [3.05, 3.63) is 35.4 Å². The Labute approximate surface area is 120 Å². The van der Waals surface area contributed by atoms with Crippen molar-refractivity contribution in [1.82, 2.24) is 14.8 Å². The van der Waals surface area contributed by atoms with E-state index in [1.54, 1.807) is 13.0 Å². The van der Waals surface area contributed by atoms with Crippen LogP contribution in [-0.2, 0) is 9.47 Å². The number of nitrogens with zero attached hydrogens (tertiary/aromatic N) is 3. The minimum atomic E-state index is -0.644. The molecule has 1 aromatic heterocycles. The van der Waals surface area contributed by atoms with E-state index in [9.17, 15) is 9.59 Å². The molecule has 0 aliphatic carbocycles. The molecule has 0 bridgehead atoms. The van der Waals surface area contributed by atoms with Crippen LogP contribution in [0, 0.1) is 6.92 Å². The summed E-state index contributed by atoms with van der Waals surface area (Å²) >= 11 is 0. The minimum Gasteiger partial charge on any atom is -0.465 e. The smallest absolute Gasteiger partial charge is 0.377 e. The van der Waals surface area contributed by atoms with Crippen molar-refractivity contribution < 1.29 is 19.1 Å². The van der Waals surface area contributed by atoms with Gasteiger partial charge < -0.3 is 15.2 Å². The van der Waals surface area contributed by atoms with Gasteiger partial charge >= 0.3 is 11.9 Å². The molecule has 2 N–H and O–H groups in total. The number of ether oxygens (including phenoxy) is 2. The molecule has 2 aromatic rings. The largest absolute Gasteiger partial charge is 0.465 e. The fraction of sp³-hybridized carbons (Fsp3) is 0.231. The standard InChI is InChI=1S/C13H14N4O4/c1-7-4-8(5-9(10(7)14)12(18)20-2)17-6-15-11(16-17)13(19)21-3/h4-6H,14H2,1-3H3. The van der Waals surface area contributed by atoms with Crippen LogP contribution < -0.4 is 5.73 Å². The number of esters is 2. The van der Waals surface area contributed by atoms with E-state index in [-0.39, 0.29) is 11.4 Å². The van der Waals surface area contributed by atoms with Crippen LogP contribution in [0.3, 0.4) is 0 Å². The van der Waals surface area contributed by atoms with Gasteiger partial charge in [0, 0.05) is 5.69 Å². The number of methoxy groups -OCH3 is 2. The summed E-state index contributed by atoms with van der Waals surface area (Å²) in [6, 6.07) is 3.24. The second kappa shape index (κ2) is 5.61. The highest BCUT2D eigenvalue weighted by Gasteiger charge is 2.16. The highest BCUT2D eigenvalue weighted by Crippen LogP contribution is 2.22. The number of nitrogens with two attached hydrogens (primary N) is 1. The number of carbonyl (C=O) groups is 2. The summed E-state index contributed by atoms with van der Waals surface area (Å²) in [5, 5.41) is 3.99. The predicted octanol–water partition coefficient (Wildman–Crippen LogP) is 0.731. The third kappa shape index (κ3) is 2.69. The molecule has 0 fully saturated rings. The van der Waals surface area contributed by atoms with Gasteiger partial charge in [-0.15, -0.1) is 5.10 Å². The van der Waals surface area contributed by atoms with Crippen LogP contribution in [0.5, 0.6) is 0 Å². The van der Waals surface area contributed by atoms with Crippen molar-refractivity contribution in [2.45, 2.75) is 6.92 Å². The number of hydrogen-bond donors (Lipinski definition) is 1. The van der Waals surface area contributed by atoms with Gasteiger partial charge in [-0.2, -0.15) is 0 Å². The molecule has 1 aromatic carbocycles. The lowest BCUT2D eigenvalue weighted by molar-refractivity contribution is 0.0582. The number of carbonyl (C=O) groups excluding carboxylic acids is 2. The summed E-state index contributed by atoms with van der Waals surface area (Å²) in [6.45, 7) is 1.75. The van der Waals surface area contributed by atoms with Crippen molar-refractivity contribution in [1.29, 1.82) is 0 Å².